The fourth-order valence-electron chi connectivity index (χ4n) is 0.656. The number of nitrogens with zero attached hydrogens (tertiary/aromatic N) is 2. The van der Waals surface area contributed by atoms with E-state index in [4.69, 9.17) is 0 Å². The van der Waals surface area contributed by atoms with Gasteiger partial charge >= 0.3 is 5.69 Å². The van der Waals surface area contributed by atoms with Crippen molar-refractivity contribution in [2.24, 2.45) is 0 Å². The third kappa shape index (κ3) is 0.517. The smallest absolute Gasteiger partial charge is 0.260 e. The van der Waals surface area contributed by atoms with Crippen molar-refractivity contribution in [2.45, 2.75) is 0 Å². The van der Waals surface area contributed by atoms with Gasteiger partial charge in [-0.1, -0.05) is 0 Å². The van der Waals surface area contributed by atoms with Crippen LogP contribution in [-0.2, 0) is 0 Å². The fourth-order valence-corrected chi connectivity index (χ4v) is 1.29. The molecule has 2 aromatic heterocycles. The van der Waals surface area contributed by atoms with Crippen LogP contribution < -0.4 is 5.69 Å². The Balaban J connectivity index is 3.17. The number of aromatic nitrogens is 3. The molecule has 0 aliphatic rings. The average molecular weight is 141 g/mol. The predicted octanol–water partition coefficient (Wildman–Crippen LogP) is 0.0841. The molecule has 5 heteroatoms. The second kappa shape index (κ2) is 1.44. The van der Waals surface area contributed by atoms with Gasteiger partial charge in [-0.15, -0.1) is 0 Å². The molecular formula is C4H3N3OS. The summed E-state index contributed by atoms with van der Waals surface area (Å²) in [6, 6.07) is 0. The number of hydrogen-bond acceptors (Lipinski definition) is 3. The number of rotatable bonds is 0. The quantitative estimate of drug-likeness (QED) is 0.565. The molecule has 0 aliphatic heterocycles. The van der Waals surface area contributed by atoms with Crippen LogP contribution in [0.1, 0.15) is 0 Å². The summed E-state index contributed by atoms with van der Waals surface area (Å²) in [5.74, 6) is 0. The van der Waals surface area contributed by atoms with Crippen molar-refractivity contribution in [3.05, 3.63) is 23.0 Å². The number of imidazole rings is 1. The Morgan fingerprint density at radius 2 is 2.67 bits per heavy atom. The Labute approximate surface area is 53.9 Å². The molecule has 2 aromatic rings. The average Bonchev–Trinajstić information content (AvgIpc) is 2.35. The molecule has 1 N–H and O–H groups in total. The highest BCUT2D eigenvalue weighted by Gasteiger charge is 1.95. The molecule has 0 radical (unpaired) electrons. The molecular weight excluding hydrogens is 138 g/mol. The number of fused-ring (bicyclic) bond motifs is 1. The van der Waals surface area contributed by atoms with E-state index in [1.807, 2.05) is 0 Å². The van der Waals surface area contributed by atoms with Gasteiger partial charge in [-0.25, -0.2) is 14.2 Å². The predicted molar refractivity (Wildman–Crippen MR) is 33.7 cm³/mol. The van der Waals surface area contributed by atoms with E-state index in [0.29, 0.717) is 0 Å². The van der Waals surface area contributed by atoms with Crippen LogP contribution in [0, 0.1) is 0 Å². The van der Waals surface area contributed by atoms with E-state index in [9.17, 15) is 4.79 Å². The van der Waals surface area contributed by atoms with Gasteiger partial charge < -0.3 is 0 Å². The maximum absolute atomic E-state index is 10.7. The highest BCUT2D eigenvalue weighted by atomic mass is 32.1. The lowest BCUT2D eigenvalue weighted by Crippen LogP contribution is -2.06. The summed E-state index contributed by atoms with van der Waals surface area (Å²) in [4.78, 5) is 15.3. The van der Waals surface area contributed by atoms with Gasteiger partial charge in [0.1, 0.15) is 11.2 Å². The zero-order chi connectivity index (χ0) is 6.27. The first-order chi connectivity index (χ1) is 4.38. The Morgan fingerprint density at radius 3 is 3.44 bits per heavy atom. The number of aromatic amines is 1. The molecule has 0 amide bonds. The first kappa shape index (κ1) is 4.75. The Kier molecular flexibility index (Phi) is 0.762. The fraction of sp³-hybridized carbons (Fsp3) is 0. The maximum Gasteiger partial charge on any atom is 0.341 e. The highest BCUT2D eigenvalue weighted by molar-refractivity contribution is 7.11. The van der Waals surface area contributed by atoms with Crippen LogP contribution >= 0.6 is 11.5 Å². The Morgan fingerprint density at radius 1 is 1.78 bits per heavy atom. The third-order valence-corrected chi connectivity index (χ3v) is 1.85. The van der Waals surface area contributed by atoms with E-state index in [1.165, 1.54) is 22.3 Å². The summed E-state index contributed by atoms with van der Waals surface area (Å²) < 4.78 is 4.03. The number of nitrogens with one attached hydrogen (secondary N) is 1. The molecule has 2 heterocycles. The Hall–Kier alpha value is -1.10. The summed E-state index contributed by atoms with van der Waals surface area (Å²) in [5.41, 5.74) is -0.118. The summed E-state index contributed by atoms with van der Waals surface area (Å²) in [6.45, 7) is 0. The first-order valence-electron chi connectivity index (χ1n) is 2.37. The topological polar surface area (TPSA) is 50.2 Å². The van der Waals surface area contributed by atoms with Gasteiger partial charge in [-0.05, 0) is 11.5 Å². The summed E-state index contributed by atoms with van der Waals surface area (Å²) in [6.07, 6.45) is 3.13. The normalized spacial score (nSPS) is 10.7. The van der Waals surface area contributed by atoms with Crippen molar-refractivity contribution in [2.75, 3.05) is 0 Å². The van der Waals surface area contributed by atoms with Crippen LogP contribution in [0.3, 0.4) is 0 Å². The van der Waals surface area contributed by atoms with Crippen LogP contribution in [0.4, 0.5) is 0 Å². The van der Waals surface area contributed by atoms with Crippen molar-refractivity contribution < 1.29 is 0 Å². The summed E-state index contributed by atoms with van der Waals surface area (Å²) >= 11 is 1.28. The molecule has 0 saturated heterocycles. The van der Waals surface area contributed by atoms with E-state index in [2.05, 4.69) is 9.36 Å². The molecule has 0 unspecified atom stereocenters. The van der Waals surface area contributed by atoms with Gasteiger partial charge in [0.25, 0.3) is 0 Å². The molecule has 9 heavy (non-hydrogen) atoms. The minimum absolute atomic E-state index is 0.118. The van der Waals surface area contributed by atoms with E-state index >= 15 is 0 Å². The van der Waals surface area contributed by atoms with Crippen LogP contribution in [0.2, 0.25) is 0 Å². The molecule has 4 nitrogen and oxygen atoms in total. The van der Waals surface area contributed by atoms with E-state index < -0.39 is 0 Å². The maximum atomic E-state index is 10.7. The zero-order valence-corrected chi connectivity index (χ0v) is 5.18. The van der Waals surface area contributed by atoms with Gasteiger partial charge in [-0.3, -0.25) is 4.37 Å². The molecule has 0 aliphatic carbocycles. The third-order valence-electron chi connectivity index (χ3n) is 1.07. The van der Waals surface area contributed by atoms with Crippen molar-refractivity contribution in [1.82, 2.24) is 13.8 Å². The second-order valence-corrected chi connectivity index (χ2v) is 2.44. The van der Waals surface area contributed by atoms with Crippen LogP contribution in [0.15, 0.2) is 17.3 Å². The zero-order valence-electron chi connectivity index (χ0n) is 4.37. The van der Waals surface area contributed by atoms with Gasteiger partial charge in [0.2, 0.25) is 0 Å². The molecule has 0 fully saturated rings. The monoisotopic (exact) mass is 141 g/mol. The van der Waals surface area contributed by atoms with E-state index in [1.54, 1.807) is 6.20 Å². The molecule has 2 rings (SSSR count). The first-order valence-corrected chi connectivity index (χ1v) is 3.19. The van der Waals surface area contributed by atoms with E-state index in [-0.39, 0.29) is 5.69 Å². The molecule has 0 spiro atoms. The minimum atomic E-state index is -0.118. The lowest BCUT2D eigenvalue weighted by atomic mass is 10.9. The summed E-state index contributed by atoms with van der Waals surface area (Å²) in [7, 11) is 0. The molecule has 0 aromatic carbocycles. The van der Waals surface area contributed by atoms with Crippen LogP contribution in [0.5, 0.6) is 0 Å². The molecule has 0 bridgehead atoms. The number of H-pyrrole nitrogens is 1. The van der Waals surface area contributed by atoms with Crippen LogP contribution in [0.25, 0.3) is 4.83 Å². The molecule has 0 atom stereocenters. The largest absolute Gasteiger partial charge is 0.341 e. The summed E-state index contributed by atoms with van der Waals surface area (Å²) in [5, 5.41) is 0. The lowest BCUT2D eigenvalue weighted by molar-refractivity contribution is 1.06. The van der Waals surface area contributed by atoms with Crippen molar-refractivity contribution in [3.8, 4) is 0 Å². The number of hydrogen-bond donors (Lipinski definition) is 1. The lowest BCUT2D eigenvalue weighted by Gasteiger charge is -1.68. The minimum Gasteiger partial charge on any atom is -0.260 e. The Bertz CT molecular complexity index is 370. The highest BCUT2D eigenvalue weighted by Crippen LogP contribution is 2.00. The second-order valence-electron chi connectivity index (χ2n) is 1.61. The SMILES string of the molecule is O=c1[nH]sc2cncn12. The van der Waals surface area contributed by atoms with Crippen molar-refractivity contribution in [3.63, 3.8) is 0 Å². The van der Waals surface area contributed by atoms with Gasteiger partial charge in [0, 0.05) is 0 Å². The van der Waals surface area contributed by atoms with E-state index in [0.717, 1.165) is 4.83 Å². The van der Waals surface area contributed by atoms with Gasteiger partial charge in [0.15, 0.2) is 0 Å². The van der Waals surface area contributed by atoms with Crippen molar-refractivity contribution >= 4 is 16.4 Å². The van der Waals surface area contributed by atoms with Crippen LogP contribution in [-0.4, -0.2) is 13.8 Å². The molecule has 0 saturated carbocycles. The van der Waals surface area contributed by atoms with Crippen molar-refractivity contribution in [1.29, 1.82) is 0 Å². The standard InChI is InChI=1S/C4H3N3OS/c8-4-6-9-3-1-5-2-7(3)4/h1-2H,(H,6,8). The molecule has 46 valence electrons. The van der Waals surface area contributed by atoms with Gasteiger partial charge in [-0.2, -0.15) is 0 Å². The van der Waals surface area contributed by atoms with Gasteiger partial charge in [0.05, 0.1) is 6.20 Å².